The van der Waals surface area contributed by atoms with Gasteiger partial charge in [-0.15, -0.1) is 0 Å². The van der Waals surface area contributed by atoms with Crippen LogP contribution < -0.4 is 0 Å². The van der Waals surface area contributed by atoms with E-state index in [-0.39, 0.29) is 0 Å². The summed E-state index contributed by atoms with van der Waals surface area (Å²) in [5, 5.41) is 8.47. The van der Waals surface area contributed by atoms with Gasteiger partial charge in [0.15, 0.2) is 0 Å². The van der Waals surface area contributed by atoms with Gasteiger partial charge in [0.1, 0.15) is 0 Å². The third kappa shape index (κ3) is 2.06. The summed E-state index contributed by atoms with van der Waals surface area (Å²) in [5.41, 5.74) is 0. The number of hydrogen-bond donors (Lipinski definition) is 0. The summed E-state index contributed by atoms with van der Waals surface area (Å²) >= 11 is 5.41. The fourth-order valence-corrected chi connectivity index (χ4v) is 2.50. The second-order valence-electron chi connectivity index (χ2n) is 4.18. The van der Waals surface area contributed by atoms with E-state index in [0.717, 1.165) is 18.0 Å². The molecule has 1 aliphatic heterocycles. The molecule has 0 bridgehead atoms. The van der Waals surface area contributed by atoms with Gasteiger partial charge in [0, 0.05) is 24.9 Å². The third-order valence-electron chi connectivity index (χ3n) is 3.40. The molecule has 0 saturated carbocycles. The number of likely N-dealkylation sites (tertiary alicyclic amines) is 1. The molecule has 14 heavy (non-hydrogen) atoms. The van der Waals surface area contributed by atoms with Crippen LogP contribution in [-0.4, -0.2) is 22.5 Å². The maximum Gasteiger partial charge on any atom is 0.0813 e. The van der Waals surface area contributed by atoms with Crippen molar-refractivity contribution in [1.29, 1.82) is 5.26 Å². The van der Waals surface area contributed by atoms with Crippen molar-refractivity contribution in [3.8, 4) is 6.07 Å². The highest BCUT2D eigenvalue weighted by Gasteiger charge is 2.36. The van der Waals surface area contributed by atoms with Gasteiger partial charge in [0.25, 0.3) is 0 Å². The highest BCUT2D eigenvalue weighted by molar-refractivity contribution is 7.80. The Balaban J connectivity index is 2.53. The van der Waals surface area contributed by atoms with E-state index in [4.69, 9.17) is 17.5 Å². The molecule has 1 rings (SSSR count). The summed E-state index contributed by atoms with van der Waals surface area (Å²) in [5.74, 6) is 1.16. The van der Waals surface area contributed by atoms with Gasteiger partial charge in [-0.1, -0.05) is 26.1 Å². The van der Waals surface area contributed by atoms with E-state index >= 15 is 0 Å². The minimum atomic E-state index is 0.516. The van der Waals surface area contributed by atoms with E-state index in [1.54, 1.807) is 0 Å². The summed E-state index contributed by atoms with van der Waals surface area (Å²) in [6.07, 6.45) is 1.56. The van der Waals surface area contributed by atoms with Crippen molar-refractivity contribution in [2.24, 2.45) is 11.8 Å². The molecule has 1 heterocycles. The SMILES string of the molecule is CC1C(=S)N(CCCC#N)C(C)C1C. The quantitative estimate of drug-likeness (QED) is 0.529. The first-order valence-electron chi connectivity index (χ1n) is 5.27. The first kappa shape index (κ1) is 11.5. The minimum Gasteiger partial charge on any atom is -0.363 e. The van der Waals surface area contributed by atoms with Crippen molar-refractivity contribution >= 4 is 17.2 Å². The highest BCUT2D eigenvalue weighted by atomic mass is 32.1. The molecule has 0 radical (unpaired) electrons. The van der Waals surface area contributed by atoms with Crippen LogP contribution in [0.25, 0.3) is 0 Å². The molecule has 0 aromatic carbocycles. The van der Waals surface area contributed by atoms with Crippen LogP contribution in [0.1, 0.15) is 33.6 Å². The second kappa shape index (κ2) is 4.75. The molecular formula is C11H18N2S. The number of thiocarbonyl (C=S) groups is 1. The lowest BCUT2D eigenvalue weighted by molar-refractivity contribution is 0.296. The van der Waals surface area contributed by atoms with Crippen molar-refractivity contribution in [1.82, 2.24) is 4.90 Å². The van der Waals surface area contributed by atoms with E-state index in [1.165, 1.54) is 0 Å². The Hall–Kier alpha value is -0.620. The Morgan fingerprint density at radius 3 is 2.50 bits per heavy atom. The van der Waals surface area contributed by atoms with Gasteiger partial charge in [-0.3, -0.25) is 0 Å². The zero-order valence-corrected chi connectivity index (χ0v) is 9.97. The fraction of sp³-hybridized carbons (Fsp3) is 0.818. The van der Waals surface area contributed by atoms with Crippen molar-refractivity contribution in [3.63, 3.8) is 0 Å². The summed E-state index contributed by atoms with van der Waals surface area (Å²) < 4.78 is 0. The topological polar surface area (TPSA) is 27.0 Å². The number of hydrogen-bond acceptors (Lipinski definition) is 2. The Morgan fingerprint density at radius 2 is 2.07 bits per heavy atom. The van der Waals surface area contributed by atoms with Crippen molar-refractivity contribution in [2.45, 2.75) is 39.7 Å². The largest absolute Gasteiger partial charge is 0.363 e. The Bertz CT molecular complexity index is 257. The number of rotatable bonds is 3. The molecule has 0 N–H and O–H groups in total. The minimum absolute atomic E-state index is 0.516. The number of unbranched alkanes of at least 4 members (excludes halogenated alkanes) is 1. The van der Waals surface area contributed by atoms with Crippen molar-refractivity contribution < 1.29 is 0 Å². The average Bonchev–Trinajstić information content (AvgIpc) is 2.35. The van der Waals surface area contributed by atoms with Gasteiger partial charge >= 0.3 is 0 Å². The second-order valence-corrected chi connectivity index (χ2v) is 4.60. The van der Waals surface area contributed by atoms with Gasteiger partial charge in [0.05, 0.1) is 11.1 Å². The highest BCUT2D eigenvalue weighted by Crippen LogP contribution is 2.31. The smallest absolute Gasteiger partial charge is 0.0813 e. The third-order valence-corrected chi connectivity index (χ3v) is 4.01. The number of nitrogens with zero attached hydrogens (tertiary/aromatic N) is 2. The first-order chi connectivity index (χ1) is 6.59. The predicted molar refractivity (Wildman–Crippen MR) is 61.9 cm³/mol. The molecule has 1 saturated heterocycles. The zero-order valence-electron chi connectivity index (χ0n) is 9.16. The zero-order chi connectivity index (χ0) is 10.7. The van der Waals surface area contributed by atoms with Gasteiger partial charge < -0.3 is 4.90 Å². The van der Waals surface area contributed by atoms with E-state index in [9.17, 15) is 0 Å². The van der Waals surface area contributed by atoms with Crippen LogP contribution in [0, 0.1) is 23.2 Å². The summed E-state index contributed by atoms with van der Waals surface area (Å²) in [6, 6.07) is 2.71. The van der Waals surface area contributed by atoms with Crippen LogP contribution in [-0.2, 0) is 0 Å². The lowest BCUT2D eigenvalue weighted by atomic mass is 9.95. The Labute approximate surface area is 91.9 Å². The predicted octanol–water partition coefficient (Wildman–Crippen LogP) is 2.59. The monoisotopic (exact) mass is 210 g/mol. The van der Waals surface area contributed by atoms with Gasteiger partial charge in [-0.25, -0.2) is 0 Å². The standard InChI is InChI=1S/C11H18N2S/c1-8-9(2)11(14)13(10(8)3)7-5-4-6-12/h8-10H,4-5,7H2,1-3H3. The lowest BCUT2D eigenvalue weighted by Gasteiger charge is -2.24. The maximum absolute atomic E-state index is 8.47. The summed E-state index contributed by atoms with van der Waals surface area (Å²) in [7, 11) is 0. The first-order valence-corrected chi connectivity index (χ1v) is 5.67. The van der Waals surface area contributed by atoms with E-state index < -0.39 is 0 Å². The average molecular weight is 210 g/mol. The molecule has 2 nitrogen and oxygen atoms in total. The molecule has 0 amide bonds. The molecule has 1 aliphatic rings. The van der Waals surface area contributed by atoms with Gasteiger partial charge in [-0.05, 0) is 19.3 Å². The Kier molecular flexibility index (Phi) is 3.88. The summed E-state index contributed by atoms with van der Waals surface area (Å²) in [6.45, 7) is 7.63. The Morgan fingerprint density at radius 1 is 1.43 bits per heavy atom. The van der Waals surface area contributed by atoms with Crippen LogP contribution in [0.15, 0.2) is 0 Å². The van der Waals surface area contributed by atoms with Gasteiger partial charge in [-0.2, -0.15) is 5.26 Å². The van der Waals surface area contributed by atoms with Crippen LogP contribution in [0.5, 0.6) is 0 Å². The van der Waals surface area contributed by atoms with Crippen LogP contribution in [0.2, 0.25) is 0 Å². The molecular weight excluding hydrogens is 192 g/mol. The van der Waals surface area contributed by atoms with Gasteiger partial charge in [0.2, 0.25) is 0 Å². The molecule has 0 aliphatic carbocycles. The molecule has 3 heteroatoms. The molecule has 3 atom stereocenters. The molecule has 78 valence electrons. The molecule has 0 aromatic rings. The van der Waals surface area contributed by atoms with Crippen LogP contribution >= 0.6 is 12.2 Å². The van der Waals surface area contributed by atoms with E-state index in [1.807, 2.05) is 0 Å². The van der Waals surface area contributed by atoms with E-state index in [2.05, 4.69) is 31.7 Å². The molecule has 3 unspecified atom stereocenters. The lowest BCUT2D eigenvalue weighted by Crippen LogP contribution is -2.32. The molecule has 1 fully saturated rings. The van der Waals surface area contributed by atoms with Crippen LogP contribution in [0.3, 0.4) is 0 Å². The maximum atomic E-state index is 8.47. The van der Waals surface area contributed by atoms with Crippen molar-refractivity contribution in [3.05, 3.63) is 0 Å². The summed E-state index contributed by atoms with van der Waals surface area (Å²) in [4.78, 5) is 3.38. The van der Waals surface area contributed by atoms with Crippen LogP contribution in [0.4, 0.5) is 0 Å². The van der Waals surface area contributed by atoms with Crippen molar-refractivity contribution in [2.75, 3.05) is 6.54 Å². The fourth-order valence-electron chi connectivity index (χ4n) is 2.03. The van der Waals surface area contributed by atoms with E-state index in [0.29, 0.717) is 24.3 Å². The number of nitriles is 1. The molecule has 0 spiro atoms. The molecule has 0 aromatic heterocycles. The normalized spacial score (nSPS) is 32.0.